The van der Waals surface area contributed by atoms with Crippen molar-refractivity contribution in [1.29, 1.82) is 0 Å². The van der Waals surface area contributed by atoms with Gasteiger partial charge in [-0.1, -0.05) is 0 Å². The molecule has 0 saturated carbocycles. The van der Waals surface area contributed by atoms with Gasteiger partial charge in [0.1, 0.15) is 11.5 Å². The molecule has 0 aliphatic carbocycles. The van der Waals surface area contributed by atoms with Crippen LogP contribution >= 0.6 is 0 Å². The Morgan fingerprint density at radius 1 is 0.966 bits per heavy atom. The summed E-state index contributed by atoms with van der Waals surface area (Å²) in [7, 11) is 0. The van der Waals surface area contributed by atoms with Crippen LogP contribution in [-0.4, -0.2) is 62.7 Å². The summed E-state index contributed by atoms with van der Waals surface area (Å²) in [5.74, 6) is 0.549. The molecule has 1 N–H and O–H groups in total. The molecule has 4 heterocycles. The van der Waals surface area contributed by atoms with Crippen LogP contribution in [0.25, 0.3) is 0 Å². The Morgan fingerprint density at radius 3 is 2.31 bits per heavy atom. The SMILES string of the molecule is O=C(c1cnc(NCc2ccncc2)cn1)N1CCN(C(=O)c2ccco2)CC1. The number of aromatic nitrogens is 3. The van der Waals surface area contributed by atoms with Crippen molar-refractivity contribution >= 4 is 17.6 Å². The molecule has 0 unspecified atom stereocenters. The van der Waals surface area contributed by atoms with Gasteiger partial charge in [0.25, 0.3) is 11.8 Å². The molecular weight excluding hydrogens is 372 g/mol. The summed E-state index contributed by atoms with van der Waals surface area (Å²) in [5.41, 5.74) is 1.36. The van der Waals surface area contributed by atoms with E-state index in [4.69, 9.17) is 4.42 Å². The van der Waals surface area contributed by atoms with E-state index in [0.29, 0.717) is 44.3 Å². The van der Waals surface area contributed by atoms with Crippen molar-refractivity contribution in [1.82, 2.24) is 24.8 Å². The molecule has 0 spiro atoms. The van der Waals surface area contributed by atoms with Gasteiger partial charge in [-0.3, -0.25) is 14.6 Å². The minimum absolute atomic E-state index is 0.161. The molecule has 2 amide bonds. The van der Waals surface area contributed by atoms with E-state index in [-0.39, 0.29) is 17.5 Å². The standard InChI is InChI=1S/C20H20N6O3/c27-19(25-7-9-26(10-8-25)20(28)17-2-1-11-29-17)16-13-24-18(14-22-16)23-12-15-3-5-21-6-4-15/h1-6,11,13-14H,7-10,12H2,(H,23,24). The first-order valence-corrected chi connectivity index (χ1v) is 9.27. The molecule has 9 heteroatoms. The van der Waals surface area contributed by atoms with E-state index >= 15 is 0 Å². The zero-order valence-corrected chi connectivity index (χ0v) is 15.7. The molecule has 4 rings (SSSR count). The highest BCUT2D eigenvalue weighted by Crippen LogP contribution is 2.12. The Hall–Kier alpha value is -3.75. The minimum atomic E-state index is -0.191. The summed E-state index contributed by atoms with van der Waals surface area (Å²) in [4.78, 5) is 40.8. The van der Waals surface area contributed by atoms with Crippen LogP contribution in [0.2, 0.25) is 0 Å². The highest BCUT2D eigenvalue weighted by molar-refractivity contribution is 5.93. The lowest BCUT2D eigenvalue weighted by atomic mass is 10.2. The van der Waals surface area contributed by atoms with Gasteiger partial charge >= 0.3 is 0 Å². The van der Waals surface area contributed by atoms with Gasteiger partial charge in [-0.2, -0.15) is 0 Å². The summed E-state index contributed by atoms with van der Waals surface area (Å²) < 4.78 is 5.15. The Bertz CT molecular complexity index is 952. The molecule has 0 aromatic carbocycles. The number of amides is 2. The highest BCUT2D eigenvalue weighted by Gasteiger charge is 2.27. The number of nitrogens with one attached hydrogen (secondary N) is 1. The van der Waals surface area contributed by atoms with Crippen molar-refractivity contribution in [2.75, 3.05) is 31.5 Å². The Morgan fingerprint density at radius 2 is 1.69 bits per heavy atom. The minimum Gasteiger partial charge on any atom is -0.459 e. The fourth-order valence-electron chi connectivity index (χ4n) is 3.05. The van der Waals surface area contributed by atoms with Gasteiger partial charge in [0, 0.05) is 45.1 Å². The van der Waals surface area contributed by atoms with Crippen LogP contribution in [0.15, 0.2) is 59.7 Å². The Balaban J connectivity index is 1.30. The van der Waals surface area contributed by atoms with E-state index in [1.165, 1.54) is 12.5 Å². The fraction of sp³-hybridized carbons (Fsp3) is 0.250. The zero-order chi connectivity index (χ0) is 20.1. The van der Waals surface area contributed by atoms with Gasteiger partial charge in [-0.25, -0.2) is 9.97 Å². The number of nitrogens with zero attached hydrogens (tertiary/aromatic N) is 5. The van der Waals surface area contributed by atoms with Gasteiger partial charge in [0.15, 0.2) is 5.76 Å². The predicted octanol–water partition coefficient (Wildman–Crippen LogP) is 1.67. The first-order valence-electron chi connectivity index (χ1n) is 9.27. The van der Waals surface area contributed by atoms with Gasteiger partial charge in [-0.05, 0) is 29.8 Å². The lowest BCUT2D eigenvalue weighted by Crippen LogP contribution is -2.50. The lowest BCUT2D eigenvalue weighted by molar-refractivity contribution is 0.0515. The third kappa shape index (κ3) is 4.40. The highest BCUT2D eigenvalue weighted by atomic mass is 16.3. The molecule has 1 fully saturated rings. The van der Waals surface area contributed by atoms with Gasteiger partial charge in [0.2, 0.25) is 0 Å². The van der Waals surface area contributed by atoms with Gasteiger partial charge < -0.3 is 19.5 Å². The molecule has 0 atom stereocenters. The largest absolute Gasteiger partial charge is 0.459 e. The van der Waals surface area contributed by atoms with Crippen LogP contribution in [0.5, 0.6) is 0 Å². The molecule has 0 bridgehead atoms. The monoisotopic (exact) mass is 392 g/mol. The second kappa shape index (κ2) is 8.51. The summed E-state index contributed by atoms with van der Waals surface area (Å²) in [5, 5.41) is 3.16. The second-order valence-corrected chi connectivity index (χ2v) is 6.56. The topological polar surface area (TPSA) is 104 Å². The number of anilines is 1. The number of hydrogen-bond donors (Lipinski definition) is 1. The number of rotatable bonds is 5. The molecule has 3 aromatic heterocycles. The number of carbonyl (C=O) groups excluding carboxylic acids is 2. The number of furan rings is 1. The fourth-order valence-corrected chi connectivity index (χ4v) is 3.05. The Kier molecular flexibility index (Phi) is 5.46. The quantitative estimate of drug-likeness (QED) is 0.704. The molecule has 1 aliphatic rings. The zero-order valence-electron chi connectivity index (χ0n) is 15.7. The molecule has 1 aliphatic heterocycles. The molecule has 148 valence electrons. The second-order valence-electron chi connectivity index (χ2n) is 6.56. The van der Waals surface area contributed by atoms with Crippen molar-refractivity contribution in [2.45, 2.75) is 6.54 Å². The van der Waals surface area contributed by atoms with Crippen molar-refractivity contribution in [2.24, 2.45) is 0 Å². The maximum atomic E-state index is 12.7. The normalized spacial score (nSPS) is 13.9. The van der Waals surface area contributed by atoms with E-state index in [9.17, 15) is 9.59 Å². The van der Waals surface area contributed by atoms with Crippen molar-refractivity contribution in [3.63, 3.8) is 0 Å². The average molecular weight is 392 g/mol. The number of piperazine rings is 1. The molecule has 9 nitrogen and oxygen atoms in total. The van der Waals surface area contributed by atoms with Crippen LogP contribution < -0.4 is 5.32 Å². The number of pyridine rings is 1. The number of carbonyl (C=O) groups is 2. The molecular formula is C20H20N6O3. The van der Waals surface area contributed by atoms with E-state index in [0.717, 1.165) is 5.56 Å². The van der Waals surface area contributed by atoms with Gasteiger partial charge in [0.05, 0.1) is 18.7 Å². The molecule has 29 heavy (non-hydrogen) atoms. The predicted molar refractivity (Wildman–Crippen MR) is 104 cm³/mol. The van der Waals surface area contributed by atoms with Gasteiger partial charge in [-0.15, -0.1) is 0 Å². The van der Waals surface area contributed by atoms with Crippen LogP contribution in [-0.2, 0) is 6.54 Å². The Labute approximate surface area is 167 Å². The maximum absolute atomic E-state index is 12.7. The van der Waals surface area contributed by atoms with Crippen LogP contribution in [0.3, 0.4) is 0 Å². The molecule has 0 radical (unpaired) electrons. The maximum Gasteiger partial charge on any atom is 0.289 e. The van der Waals surface area contributed by atoms with E-state index in [1.807, 2.05) is 12.1 Å². The number of hydrogen-bond acceptors (Lipinski definition) is 7. The van der Waals surface area contributed by atoms with Crippen molar-refractivity contribution < 1.29 is 14.0 Å². The first-order chi connectivity index (χ1) is 14.2. The summed E-state index contributed by atoms with van der Waals surface area (Å²) in [6.07, 6.45) is 7.95. The van der Waals surface area contributed by atoms with Crippen molar-refractivity contribution in [3.05, 3.63) is 72.3 Å². The third-order valence-corrected chi connectivity index (χ3v) is 4.68. The summed E-state index contributed by atoms with van der Waals surface area (Å²) in [6.45, 7) is 2.37. The van der Waals surface area contributed by atoms with Crippen LogP contribution in [0.4, 0.5) is 5.82 Å². The average Bonchev–Trinajstić information content (AvgIpc) is 3.33. The van der Waals surface area contributed by atoms with Crippen LogP contribution in [0.1, 0.15) is 26.6 Å². The van der Waals surface area contributed by atoms with E-state index in [2.05, 4.69) is 20.3 Å². The smallest absolute Gasteiger partial charge is 0.289 e. The summed E-state index contributed by atoms with van der Waals surface area (Å²) >= 11 is 0. The lowest BCUT2D eigenvalue weighted by Gasteiger charge is -2.34. The van der Waals surface area contributed by atoms with E-state index < -0.39 is 0 Å². The summed E-state index contributed by atoms with van der Waals surface area (Å²) in [6, 6.07) is 7.14. The third-order valence-electron chi connectivity index (χ3n) is 4.68. The molecule has 1 saturated heterocycles. The van der Waals surface area contributed by atoms with E-state index in [1.54, 1.807) is 40.5 Å². The van der Waals surface area contributed by atoms with Crippen LogP contribution in [0, 0.1) is 0 Å². The first kappa shape index (κ1) is 18.6. The molecule has 3 aromatic rings. The van der Waals surface area contributed by atoms with Crippen molar-refractivity contribution in [3.8, 4) is 0 Å².